The predicted octanol–water partition coefficient (Wildman–Crippen LogP) is 5.44. The molecule has 3 saturated heterocycles. The van der Waals surface area contributed by atoms with E-state index in [1.54, 1.807) is 58.0 Å². The summed E-state index contributed by atoms with van der Waals surface area (Å²) < 4.78 is 4.83. The molecule has 3 heterocycles. The van der Waals surface area contributed by atoms with Crippen LogP contribution in [0.5, 0.6) is 0 Å². The molecule has 0 radical (unpaired) electrons. The number of fused-ring (bicyclic) bond motifs is 1. The summed E-state index contributed by atoms with van der Waals surface area (Å²) in [6, 6.07) is 14.5. The Labute approximate surface area is 256 Å². The molecule has 3 aliphatic rings. The van der Waals surface area contributed by atoms with E-state index in [9.17, 15) is 19.5 Å². The van der Waals surface area contributed by atoms with E-state index in [2.05, 4.69) is 20.1 Å². The molecule has 2 aromatic carbocycles. The molecule has 7 atom stereocenters. The number of benzene rings is 2. The second-order valence-electron chi connectivity index (χ2n) is 11.2. The van der Waals surface area contributed by atoms with Gasteiger partial charge in [0.15, 0.2) is 0 Å². The number of likely N-dealkylation sites (tertiary alicyclic amines) is 1. The lowest BCUT2D eigenvalue weighted by molar-refractivity contribution is -0.155. The number of thioether (sulfide) groups is 1. The van der Waals surface area contributed by atoms with Crippen molar-refractivity contribution in [2.75, 3.05) is 24.7 Å². The van der Waals surface area contributed by atoms with Crippen molar-refractivity contribution in [1.29, 1.82) is 0 Å². The van der Waals surface area contributed by atoms with Crippen LogP contribution < -0.4 is 4.90 Å². The van der Waals surface area contributed by atoms with Gasteiger partial charge in [-0.05, 0) is 55.0 Å². The van der Waals surface area contributed by atoms with Crippen molar-refractivity contribution >= 4 is 46.8 Å². The van der Waals surface area contributed by atoms with Gasteiger partial charge >= 0.3 is 5.97 Å². The van der Waals surface area contributed by atoms with Gasteiger partial charge in [0.05, 0.1) is 35.8 Å². The fraction of sp³-hybridized carbons (Fsp3) is 0.424. The number of esters is 1. The molecule has 1 spiro atoms. The second-order valence-corrected chi connectivity index (χ2v) is 13.2. The lowest BCUT2D eigenvalue weighted by Gasteiger charge is -2.42. The summed E-state index contributed by atoms with van der Waals surface area (Å²) in [5, 5.41) is 11.1. The molecule has 5 rings (SSSR count). The van der Waals surface area contributed by atoms with E-state index < -0.39 is 34.6 Å². The van der Waals surface area contributed by atoms with Crippen LogP contribution in [0.15, 0.2) is 79.9 Å². The van der Waals surface area contributed by atoms with Gasteiger partial charge in [0.1, 0.15) is 6.04 Å². The Morgan fingerprint density at radius 1 is 1.19 bits per heavy atom. The number of unbranched alkanes of at least 4 members (excludes halogenated alkanes) is 1. The minimum absolute atomic E-state index is 0.0314. The van der Waals surface area contributed by atoms with Crippen LogP contribution in [0.2, 0.25) is 5.02 Å². The zero-order valence-corrected chi connectivity index (χ0v) is 25.3. The molecule has 1 N–H and O–H groups in total. The smallest absolute Gasteiger partial charge is 0.310 e. The molecule has 3 unspecified atom stereocenters. The quantitative estimate of drug-likeness (QED) is 0.196. The van der Waals surface area contributed by atoms with Crippen LogP contribution in [0.3, 0.4) is 0 Å². The highest BCUT2D eigenvalue weighted by molar-refractivity contribution is 8.02. The highest BCUT2D eigenvalue weighted by atomic mass is 35.5. The lowest BCUT2D eigenvalue weighted by Crippen LogP contribution is -2.58. The summed E-state index contributed by atoms with van der Waals surface area (Å²) in [6.45, 7) is 9.76. The molecule has 0 saturated carbocycles. The van der Waals surface area contributed by atoms with Crippen molar-refractivity contribution in [2.45, 2.75) is 48.3 Å². The maximum atomic E-state index is 14.9. The molecular formula is C33H37ClN2O5S. The SMILES string of the molecule is C=CCCCOC(=O)[C@@H]1[C@H]2C(=O)N([C@H](CO)c3ccccc3)C(C(=O)N(CC=C)c3ccc(Cl)cc3)C23S[C@@H]1CC3C. The van der Waals surface area contributed by atoms with Crippen LogP contribution in [0, 0.1) is 17.8 Å². The van der Waals surface area contributed by atoms with Crippen molar-refractivity contribution in [3.05, 3.63) is 90.5 Å². The number of hydrogen-bond acceptors (Lipinski definition) is 6. The van der Waals surface area contributed by atoms with Crippen molar-refractivity contribution in [2.24, 2.45) is 17.8 Å². The van der Waals surface area contributed by atoms with Crippen LogP contribution in [0.1, 0.15) is 37.8 Å². The molecule has 42 heavy (non-hydrogen) atoms. The molecule has 222 valence electrons. The largest absolute Gasteiger partial charge is 0.465 e. The Bertz CT molecular complexity index is 1340. The van der Waals surface area contributed by atoms with E-state index in [0.717, 1.165) is 12.0 Å². The van der Waals surface area contributed by atoms with Gasteiger partial charge in [-0.2, -0.15) is 0 Å². The standard InChI is InChI=1S/C33H37ClN2O5S/c1-4-6-10-18-41-32(40)27-26-19-21(3)33(42-26)28(27)30(38)36(25(20-37)22-11-8-7-9-12-22)29(33)31(39)35(17-5-2)24-15-13-23(34)14-16-24/h4-5,7-9,11-16,21,25-29,37H,1-2,6,10,17-20H2,3H3/t21?,25-,26-,27+,28+,29?,33?/m1/s1. The van der Waals surface area contributed by atoms with E-state index in [1.807, 2.05) is 30.3 Å². The number of allylic oxidation sites excluding steroid dienone is 1. The van der Waals surface area contributed by atoms with Gasteiger partial charge in [-0.25, -0.2) is 0 Å². The third-order valence-electron chi connectivity index (χ3n) is 8.90. The fourth-order valence-corrected chi connectivity index (χ4v) is 9.61. The number of halogens is 1. The van der Waals surface area contributed by atoms with Crippen molar-refractivity contribution in [1.82, 2.24) is 4.90 Å². The summed E-state index contributed by atoms with van der Waals surface area (Å²) in [6.07, 6.45) is 5.50. The number of ether oxygens (including phenoxy) is 1. The highest BCUT2D eigenvalue weighted by Crippen LogP contribution is 2.69. The van der Waals surface area contributed by atoms with Crippen molar-refractivity contribution in [3.8, 4) is 0 Å². The first-order chi connectivity index (χ1) is 20.3. The fourth-order valence-electron chi connectivity index (χ4n) is 7.09. The van der Waals surface area contributed by atoms with E-state index in [-0.39, 0.29) is 42.7 Å². The van der Waals surface area contributed by atoms with Gasteiger partial charge in [-0.15, -0.1) is 24.9 Å². The molecule has 7 nitrogen and oxygen atoms in total. The second kappa shape index (κ2) is 12.7. The first kappa shape index (κ1) is 30.4. The third-order valence-corrected chi connectivity index (χ3v) is 11.2. The van der Waals surface area contributed by atoms with Gasteiger partial charge in [0, 0.05) is 22.5 Å². The number of carbonyl (C=O) groups is 3. The number of anilines is 1. The number of hydrogen-bond donors (Lipinski definition) is 1. The Morgan fingerprint density at radius 3 is 2.55 bits per heavy atom. The Balaban J connectivity index is 1.61. The molecule has 3 fully saturated rings. The number of amides is 2. The van der Waals surface area contributed by atoms with Crippen LogP contribution in [0.25, 0.3) is 0 Å². The molecule has 3 aliphatic heterocycles. The average Bonchev–Trinajstić information content (AvgIpc) is 3.59. The molecule has 2 aromatic rings. The molecule has 0 aromatic heterocycles. The average molecular weight is 609 g/mol. The van der Waals surface area contributed by atoms with Gasteiger partial charge in [-0.3, -0.25) is 14.4 Å². The van der Waals surface area contributed by atoms with Crippen LogP contribution in [-0.2, 0) is 19.1 Å². The topological polar surface area (TPSA) is 87.1 Å². The summed E-state index contributed by atoms with van der Waals surface area (Å²) in [5.41, 5.74) is 1.35. The Hall–Kier alpha value is -3.07. The van der Waals surface area contributed by atoms with E-state index in [4.69, 9.17) is 16.3 Å². The van der Waals surface area contributed by atoms with Crippen LogP contribution >= 0.6 is 23.4 Å². The zero-order chi connectivity index (χ0) is 30.0. The highest BCUT2D eigenvalue weighted by Gasteiger charge is 2.77. The Kier molecular flexibility index (Phi) is 9.16. The van der Waals surface area contributed by atoms with Gasteiger partial charge < -0.3 is 19.6 Å². The van der Waals surface area contributed by atoms with E-state index in [0.29, 0.717) is 23.6 Å². The van der Waals surface area contributed by atoms with Gasteiger partial charge in [0.2, 0.25) is 5.91 Å². The third kappa shape index (κ3) is 5.07. The van der Waals surface area contributed by atoms with Crippen molar-refractivity contribution in [3.63, 3.8) is 0 Å². The van der Waals surface area contributed by atoms with Gasteiger partial charge in [-0.1, -0.05) is 61.0 Å². The lowest BCUT2D eigenvalue weighted by atomic mass is 9.66. The van der Waals surface area contributed by atoms with Crippen LogP contribution in [0.4, 0.5) is 5.69 Å². The normalized spacial score (nSPS) is 28.3. The van der Waals surface area contributed by atoms with E-state index >= 15 is 0 Å². The zero-order valence-electron chi connectivity index (χ0n) is 23.7. The number of rotatable bonds is 12. The van der Waals surface area contributed by atoms with Crippen molar-refractivity contribution < 1.29 is 24.2 Å². The Morgan fingerprint density at radius 2 is 1.90 bits per heavy atom. The monoisotopic (exact) mass is 608 g/mol. The summed E-state index contributed by atoms with van der Waals surface area (Å²) >= 11 is 7.74. The maximum absolute atomic E-state index is 14.9. The number of aliphatic hydroxyl groups is 1. The minimum Gasteiger partial charge on any atom is -0.465 e. The van der Waals surface area contributed by atoms with Crippen LogP contribution in [-0.4, -0.2) is 63.6 Å². The molecule has 0 aliphatic carbocycles. The summed E-state index contributed by atoms with van der Waals surface area (Å²) in [5.74, 6) is -2.40. The molecular weight excluding hydrogens is 572 g/mol. The minimum atomic E-state index is -0.924. The number of aliphatic hydroxyl groups excluding tert-OH is 1. The van der Waals surface area contributed by atoms with E-state index in [1.165, 1.54) is 0 Å². The summed E-state index contributed by atoms with van der Waals surface area (Å²) in [7, 11) is 0. The molecule has 9 heteroatoms. The predicted molar refractivity (Wildman–Crippen MR) is 166 cm³/mol. The first-order valence-electron chi connectivity index (χ1n) is 14.4. The maximum Gasteiger partial charge on any atom is 0.310 e. The number of nitrogens with zero attached hydrogens (tertiary/aromatic N) is 2. The molecule has 2 bridgehead atoms. The number of carbonyl (C=O) groups excluding carboxylic acids is 3. The summed E-state index contributed by atoms with van der Waals surface area (Å²) in [4.78, 5) is 46.2. The first-order valence-corrected chi connectivity index (χ1v) is 15.7. The van der Waals surface area contributed by atoms with Gasteiger partial charge in [0.25, 0.3) is 5.91 Å². The molecule has 2 amide bonds.